The van der Waals surface area contributed by atoms with Crippen molar-refractivity contribution >= 4 is 0 Å². The number of allylic oxidation sites excluding steroid dienone is 6. The summed E-state index contributed by atoms with van der Waals surface area (Å²) in [5.41, 5.74) is 6.23. The molecule has 0 spiro atoms. The fourth-order valence-electron chi connectivity index (χ4n) is 2.42. The Bertz CT molecular complexity index is 335. The summed E-state index contributed by atoms with van der Waals surface area (Å²) in [5.74, 6) is 0.747. The summed E-state index contributed by atoms with van der Waals surface area (Å²) in [4.78, 5) is 0. The van der Waals surface area contributed by atoms with Gasteiger partial charge in [-0.2, -0.15) is 0 Å². The van der Waals surface area contributed by atoms with Crippen LogP contribution in [0, 0.1) is 5.92 Å². The third-order valence-corrected chi connectivity index (χ3v) is 4.07. The molecule has 0 aromatic carbocycles. The van der Waals surface area contributed by atoms with E-state index in [1.54, 1.807) is 16.7 Å². The number of hydrogen-bond acceptors (Lipinski definition) is 0. The molecule has 1 atom stereocenters. The Kier molecular flexibility index (Phi) is 5.74. The van der Waals surface area contributed by atoms with Crippen LogP contribution in [0.15, 0.2) is 34.4 Å². The van der Waals surface area contributed by atoms with E-state index in [0.717, 1.165) is 5.92 Å². The first kappa shape index (κ1) is 14.3. The minimum absolute atomic E-state index is 0.747. The Hall–Kier alpha value is -0.780. The lowest BCUT2D eigenvalue weighted by molar-refractivity contribution is 0.555. The van der Waals surface area contributed by atoms with Gasteiger partial charge in [-0.15, -0.1) is 0 Å². The first-order chi connectivity index (χ1) is 8.00. The van der Waals surface area contributed by atoms with E-state index in [9.17, 15) is 0 Å². The first-order valence-electron chi connectivity index (χ1n) is 6.96. The summed E-state index contributed by atoms with van der Waals surface area (Å²) in [7, 11) is 0. The molecule has 0 fully saturated rings. The second kappa shape index (κ2) is 6.83. The second-order valence-electron chi connectivity index (χ2n) is 5.79. The van der Waals surface area contributed by atoms with Gasteiger partial charge in [0.05, 0.1) is 0 Å². The van der Waals surface area contributed by atoms with Crippen molar-refractivity contribution in [2.45, 2.75) is 66.7 Å². The number of hydrogen-bond donors (Lipinski definition) is 0. The number of rotatable bonds is 1. The lowest BCUT2D eigenvalue weighted by Crippen LogP contribution is -2.04. The molecule has 0 unspecified atom stereocenters. The Morgan fingerprint density at radius 2 is 1.65 bits per heavy atom. The zero-order valence-electron chi connectivity index (χ0n) is 12.3. The minimum Gasteiger partial charge on any atom is -0.0853 e. The molecule has 0 saturated heterocycles. The molecule has 17 heavy (non-hydrogen) atoms. The molecule has 0 nitrogen and oxygen atoms in total. The molecule has 0 radical (unpaired) electrons. The highest BCUT2D eigenvalue weighted by Gasteiger charge is 2.12. The lowest BCUT2D eigenvalue weighted by Gasteiger charge is -2.19. The minimum atomic E-state index is 0.747. The van der Waals surface area contributed by atoms with E-state index >= 15 is 0 Å². The molecule has 1 rings (SSSR count). The van der Waals surface area contributed by atoms with Gasteiger partial charge in [0.1, 0.15) is 0 Å². The molecule has 96 valence electrons. The molecule has 0 saturated carbocycles. The molecule has 0 bridgehead atoms. The monoisotopic (exact) mass is 232 g/mol. The van der Waals surface area contributed by atoms with Crippen LogP contribution in [0.1, 0.15) is 66.7 Å². The fraction of sp³-hybridized carbons (Fsp3) is 0.647. The van der Waals surface area contributed by atoms with Gasteiger partial charge >= 0.3 is 0 Å². The van der Waals surface area contributed by atoms with Gasteiger partial charge in [-0.25, -0.2) is 0 Å². The van der Waals surface area contributed by atoms with E-state index < -0.39 is 0 Å². The van der Waals surface area contributed by atoms with Gasteiger partial charge < -0.3 is 0 Å². The van der Waals surface area contributed by atoms with E-state index in [1.165, 1.54) is 37.7 Å². The average molecular weight is 232 g/mol. The van der Waals surface area contributed by atoms with Crippen molar-refractivity contribution in [3.05, 3.63) is 34.4 Å². The summed E-state index contributed by atoms with van der Waals surface area (Å²) in [6.07, 6.45) is 11.2. The summed E-state index contributed by atoms with van der Waals surface area (Å²) < 4.78 is 0. The van der Waals surface area contributed by atoms with Crippen LogP contribution in [0.2, 0.25) is 0 Å². The van der Waals surface area contributed by atoms with Crippen LogP contribution in [0.4, 0.5) is 0 Å². The van der Waals surface area contributed by atoms with Crippen LogP contribution in [0.25, 0.3) is 0 Å². The Morgan fingerprint density at radius 3 is 2.29 bits per heavy atom. The van der Waals surface area contributed by atoms with Crippen molar-refractivity contribution in [2.75, 3.05) is 0 Å². The Morgan fingerprint density at radius 1 is 1.00 bits per heavy atom. The molecule has 0 aromatic heterocycles. The van der Waals surface area contributed by atoms with Crippen LogP contribution in [0.5, 0.6) is 0 Å². The molecule has 1 aliphatic carbocycles. The van der Waals surface area contributed by atoms with Crippen molar-refractivity contribution < 1.29 is 0 Å². The van der Waals surface area contributed by atoms with Crippen LogP contribution in [0.3, 0.4) is 0 Å². The van der Waals surface area contributed by atoms with E-state index in [1.807, 2.05) is 0 Å². The molecule has 0 aliphatic heterocycles. The highest BCUT2D eigenvalue weighted by atomic mass is 14.2. The Balaban J connectivity index is 2.83. The predicted molar refractivity (Wildman–Crippen MR) is 78.1 cm³/mol. The van der Waals surface area contributed by atoms with Gasteiger partial charge in [0.15, 0.2) is 0 Å². The summed E-state index contributed by atoms with van der Waals surface area (Å²) >= 11 is 0. The highest BCUT2D eigenvalue weighted by Crippen LogP contribution is 2.27. The van der Waals surface area contributed by atoms with Crippen LogP contribution < -0.4 is 0 Å². The van der Waals surface area contributed by atoms with Crippen molar-refractivity contribution in [3.8, 4) is 0 Å². The smallest absolute Gasteiger partial charge is 0.0166 e. The van der Waals surface area contributed by atoms with Gasteiger partial charge in [-0.1, -0.05) is 34.4 Å². The average Bonchev–Trinajstić information content (AvgIpc) is 2.28. The largest absolute Gasteiger partial charge is 0.0853 e. The quantitative estimate of drug-likeness (QED) is 0.500. The Labute approximate surface area is 108 Å². The van der Waals surface area contributed by atoms with E-state index in [-0.39, 0.29) is 0 Å². The van der Waals surface area contributed by atoms with Gasteiger partial charge in [-0.05, 0) is 72.6 Å². The van der Waals surface area contributed by atoms with Crippen LogP contribution in [-0.4, -0.2) is 0 Å². The molecule has 1 aliphatic rings. The second-order valence-corrected chi connectivity index (χ2v) is 5.79. The topological polar surface area (TPSA) is 0 Å². The van der Waals surface area contributed by atoms with Crippen LogP contribution in [-0.2, 0) is 0 Å². The molecule has 0 aromatic rings. The molecular weight excluding hydrogens is 204 g/mol. The van der Waals surface area contributed by atoms with Gasteiger partial charge in [0.25, 0.3) is 0 Å². The maximum atomic E-state index is 2.46. The summed E-state index contributed by atoms with van der Waals surface area (Å²) in [6, 6.07) is 0. The predicted octanol–water partition coefficient (Wildman–Crippen LogP) is 5.82. The van der Waals surface area contributed by atoms with Crippen molar-refractivity contribution in [3.63, 3.8) is 0 Å². The van der Waals surface area contributed by atoms with Gasteiger partial charge in [0.2, 0.25) is 0 Å². The van der Waals surface area contributed by atoms with Crippen molar-refractivity contribution in [2.24, 2.45) is 5.92 Å². The molecule has 0 heterocycles. The lowest BCUT2D eigenvalue weighted by atomic mass is 9.86. The molecular formula is C17H28. The SMILES string of the molecule is CC(C)=C(C)[C@H]1C/C=C(\C)CC/C=C(/C)CC1. The fourth-order valence-corrected chi connectivity index (χ4v) is 2.42. The molecule has 0 heteroatoms. The van der Waals surface area contributed by atoms with Crippen molar-refractivity contribution in [1.82, 2.24) is 0 Å². The summed E-state index contributed by atoms with van der Waals surface area (Å²) in [6.45, 7) is 11.4. The van der Waals surface area contributed by atoms with Crippen molar-refractivity contribution in [1.29, 1.82) is 0 Å². The maximum Gasteiger partial charge on any atom is -0.0166 e. The third kappa shape index (κ3) is 4.93. The standard InChI is InChI=1S/C17H28/c1-13(2)16(5)17-11-9-14(3)7-6-8-15(4)10-12-17/h7,10,17H,6,8-9,11-12H2,1-5H3/b14-7-,15-10+/t17-/m1/s1. The third-order valence-electron chi connectivity index (χ3n) is 4.07. The van der Waals surface area contributed by atoms with E-state index in [0.29, 0.717) is 0 Å². The van der Waals surface area contributed by atoms with E-state index in [4.69, 9.17) is 0 Å². The van der Waals surface area contributed by atoms with Crippen LogP contribution >= 0.6 is 0 Å². The zero-order valence-corrected chi connectivity index (χ0v) is 12.3. The first-order valence-corrected chi connectivity index (χ1v) is 6.96. The summed E-state index contributed by atoms with van der Waals surface area (Å²) in [5, 5.41) is 0. The zero-order chi connectivity index (χ0) is 12.8. The van der Waals surface area contributed by atoms with Gasteiger partial charge in [0, 0.05) is 0 Å². The van der Waals surface area contributed by atoms with E-state index in [2.05, 4.69) is 46.8 Å². The maximum absolute atomic E-state index is 2.46. The molecule has 0 N–H and O–H groups in total. The molecule has 0 amide bonds. The highest BCUT2D eigenvalue weighted by molar-refractivity contribution is 5.15. The van der Waals surface area contributed by atoms with Gasteiger partial charge in [-0.3, -0.25) is 0 Å². The normalized spacial score (nSPS) is 28.6.